The number of fused-ring (bicyclic) bond motifs is 1. The van der Waals surface area contributed by atoms with Crippen molar-refractivity contribution in [1.82, 2.24) is 0 Å². The van der Waals surface area contributed by atoms with E-state index in [-0.39, 0.29) is 35.4 Å². The van der Waals surface area contributed by atoms with E-state index in [2.05, 4.69) is 0 Å². The summed E-state index contributed by atoms with van der Waals surface area (Å²) in [4.78, 5) is 21.2. The van der Waals surface area contributed by atoms with Crippen LogP contribution >= 0.6 is 0 Å². The van der Waals surface area contributed by atoms with E-state index in [0.717, 1.165) is 12.1 Å². The third-order valence-electron chi connectivity index (χ3n) is 2.31. The summed E-state index contributed by atoms with van der Waals surface area (Å²) in [5.74, 6) is -0.873. The molecule has 0 saturated carbocycles. The first-order chi connectivity index (χ1) is 6.61. The van der Waals surface area contributed by atoms with Gasteiger partial charge in [-0.25, -0.2) is 4.39 Å². The predicted octanol–water partition coefficient (Wildman–Crippen LogP) is 1.86. The fourth-order valence-electron chi connectivity index (χ4n) is 1.68. The minimum atomic E-state index is -0.651. The molecule has 0 amide bonds. The Hall–Kier alpha value is -1.78. The van der Waals surface area contributed by atoms with Gasteiger partial charge in [-0.3, -0.25) is 14.9 Å². The molecule has 0 N–H and O–H groups in total. The summed E-state index contributed by atoms with van der Waals surface area (Å²) in [7, 11) is 0. The maximum atomic E-state index is 13.1. The second-order valence-electron chi connectivity index (χ2n) is 3.10. The largest absolute Gasteiger partial charge is 0.294 e. The molecule has 0 spiro atoms. The molecule has 4 nitrogen and oxygen atoms in total. The third kappa shape index (κ3) is 1.09. The molecule has 0 fully saturated rings. The van der Waals surface area contributed by atoms with Crippen molar-refractivity contribution < 1.29 is 14.1 Å². The number of rotatable bonds is 1. The van der Waals surface area contributed by atoms with E-state index < -0.39 is 10.7 Å². The van der Waals surface area contributed by atoms with Crippen molar-refractivity contribution in [3.05, 3.63) is 39.2 Å². The quantitative estimate of drug-likeness (QED) is 0.507. The fraction of sp³-hybridized carbons (Fsp3) is 0.222. The number of Topliss-reactive ketones (excluding diaryl/α,β-unsaturated/α-hetero) is 1. The lowest BCUT2D eigenvalue weighted by Gasteiger charge is -1.99. The molecule has 0 bridgehead atoms. The number of carbonyl (C=O) groups is 1. The van der Waals surface area contributed by atoms with Crippen molar-refractivity contribution in [1.29, 1.82) is 0 Å². The van der Waals surface area contributed by atoms with Crippen molar-refractivity contribution in [2.45, 2.75) is 12.8 Å². The molecule has 1 aliphatic rings. The average Bonchev–Trinajstić information content (AvgIpc) is 2.50. The van der Waals surface area contributed by atoms with Crippen LogP contribution in [0.4, 0.5) is 10.1 Å². The van der Waals surface area contributed by atoms with Crippen molar-refractivity contribution in [2.75, 3.05) is 0 Å². The Morgan fingerprint density at radius 3 is 2.71 bits per heavy atom. The first-order valence-electron chi connectivity index (χ1n) is 4.10. The van der Waals surface area contributed by atoms with E-state index in [0.29, 0.717) is 0 Å². The van der Waals surface area contributed by atoms with Crippen LogP contribution in [0, 0.1) is 15.9 Å². The SMILES string of the molecule is O=C1CCc2c(F)ccc([N+](=O)[O-])c21. The summed E-state index contributed by atoms with van der Waals surface area (Å²) in [6, 6.07) is 2.08. The zero-order chi connectivity index (χ0) is 10.3. The molecule has 0 unspecified atom stereocenters. The highest BCUT2D eigenvalue weighted by atomic mass is 19.1. The monoisotopic (exact) mass is 195 g/mol. The Kier molecular flexibility index (Phi) is 1.80. The molecule has 0 aromatic heterocycles. The highest BCUT2D eigenvalue weighted by Gasteiger charge is 2.31. The maximum absolute atomic E-state index is 13.1. The van der Waals surface area contributed by atoms with Crippen LogP contribution < -0.4 is 0 Å². The molecule has 5 heteroatoms. The van der Waals surface area contributed by atoms with Crippen LogP contribution in [0.3, 0.4) is 0 Å². The molecule has 0 radical (unpaired) electrons. The van der Waals surface area contributed by atoms with Gasteiger partial charge in [-0.2, -0.15) is 0 Å². The van der Waals surface area contributed by atoms with Crippen LogP contribution in [-0.4, -0.2) is 10.7 Å². The lowest BCUT2D eigenvalue weighted by Crippen LogP contribution is -2.00. The maximum Gasteiger partial charge on any atom is 0.280 e. The molecule has 0 heterocycles. The Morgan fingerprint density at radius 1 is 1.36 bits per heavy atom. The van der Waals surface area contributed by atoms with E-state index in [4.69, 9.17) is 0 Å². The first-order valence-corrected chi connectivity index (χ1v) is 4.10. The Morgan fingerprint density at radius 2 is 2.07 bits per heavy atom. The number of nitro groups is 1. The van der Waals surface area contributed by atoms with Gasteiger partial charge < -0.3 is 0 Å². The zero-order valence-corrected chi connectivity index (χ0v) is 7.12. The number of halogens is 1. The molecular formula is C9H6FNO3. The summed E-state index contributed by atoms with van der Waals surface area (Å²) in [6.45, 7) is 0. The van der Waals surface area contributed by atoms with Crippen LogP contribution in [0.1, 0.15) is 22.3 Å². The van der Waals surface area contributed by atoms with Crippen LogP contribution in [0.2, 0.25) is 0 Å². The van der Waals surface area contributed by atoms with Gasteiger partial charge in [-0.1, -0.05) is 0 Å². The molecule has 0 atom stereocenters. The Bertz CT molecular complexity index is 442. The van der Waals surface area contributed by atoms with Gasteiger partial charge in [0.1, 0.15) is 11.4 Å². The molecule has 2 rings (SSSR count). The number of nitro benzene ring substituents is 1. The summed E-state index contributed by atoms with van der Waals surface area (Å²) in [5.41, 5.74) is -0.150. The Balaban J connectivity index is 2.72. The highest BCUT2D eigenvalue weighted by Crippen LogP contribution is 2.31. The standard InChI is InChI=1S/C9H6FNO3/c10-6-2-3-7(11(13)14)9-5(6)1-4-8(9)12/h2-3H,1,4H2. The number of hydrogen-bond donors (Lipinski definition) is 0. The van der Waals surface area contributed by atoms with Crippen molar-refractivity contribution in [3.8, 4) is 0 Å². The van der Waals surface area contributed by atoms with E-state index in [1.807, 2.05) is 0 Å². The van der Waals surface area contributed by atoms with Gasteiger partial charge in [0.05, 0.1) is 4.92 Å². The summed E-state index contributed by atoms with van der Waals surface area (Å²) >= 11 is 0. The number of benzene rings is 1. The lowest BCUT2D eigenvalue weighted by atomic mass is 10.1. The molecule has 72 valence electrons. The number of nitrogens with zero attached hydrogens (tertiary/aromatic N) is 1. The number of carbonyl (C=O) groups excluding carboxylic acids is 1. The van der Waals surface area contributed by atoms with Crippen molar-refractivity contribution >= 4 is 11.5 Å². The third-order valence-corrected chi connectivity index (χ3v) is 2.31. The normalized spacial score (nSPS) is 14.2. The first kappa shape index (κ1) is 8.80. The van der Waals surface area contributed by atoms with Gasteiger partial charge in [0.2, 0.25) is 0 Å². The second-order valence-corrected chi connectivity index (χ2v) is 3.10. The molecule has 1 aromatic carbocycles. The van der Waals surface area contributed by atoms with Crippen LogP contribution in [0.5, 0.6) is 0 Å². The second kappa shape index (κ2) is 2.87. The summed E-state index contributed by atoms with van der Waals surface area (Å²) in [5, 5.41) is 10.5. The Labute approximate surface area is 78.5 Å². The van der Waals surface area contributed by atoms with E-state index in [9.17, 15) is 19.3 Å². The van der Waals surface area contributed by atoms with E-state index >= 15 is 0 Å². The van der Waals surface area contributed by atoms with Gasteiger partial charge in [0.15, 0.2) is 5.78 Å². The minimum Gasteiger partial charge on any atom is -0.294 e. The van der Waals surface area contributed by atoms with Crippen LogP contribution in [0.15, 0.2) is 12.1 Å². The van der Waals surface area contributed by atoms with Gasteiger partial charge in [0.25, 0.3) is 5.69 Å². The van der Waals surface area contributed by atoms with Gasteiger partial charge in [0, 0.05) is 18.1 Å². The number of hydrogen-bond acceptors (Lipinski definition) is 3. The summed E-state index contributed by atoms with van der Waals surface area (Å²) in [6.07, 6.45) is 0.429. The van der Waals surface area contributed by atoms with E-state index in [1.54, 1.807) is 0 Å². The number of ketones is 1. The molecule has 0 saturated heterocycles. The smallest absolute Gasteiger partial charge is 0.280 e. The zero-order valence-electron chi connectivity index (χ0n) is 7.12. The summed E-state index contributed by atoms with van der Waals surface area (Å²) < 4.78 is 13.1. The van der Waals surface area contributed by atoms with Crippen molar-refractivity contribution in [2.24, 2.45) is 0 Å². The van der Waals surface area contributed by atoms with Gasteiger partial charge in [-0.15, -0.1) is 0 Å². The molecule has 14 heavy (non-hydrogen) atoms. The predicted molar refractivity (Wildman–Crippen MR) is 45.7 cm³/mol. The van der Waals surface area contributed by atoms with Crippen LogP contribution in [0.25, 0.3) is 0 Å². The van der Waals surface area contributed by atoms with E-state index in [1.165, 1.54) is 0 Å². The topological polar surface area (TPSA) is 60.2 Å². The molecule has 1 aromatic rings. The molecular weight excluding hydrogens is 189 g/mol. The molecule has 0 aliphatic heterocycles. The highest BCUT2D eigenvalue weighted by molar-refractivity contribution is 6.04. The molecule has 1 aliphatic carbocycles. The van der Waals surface area contributed by atoms with Gasteiger partial charge in [-0.05, 0) is 12.5 Å². The van der Waals surface area contributed by atoms with Crippen LogP contribution in [-0.2, 0) is 6.42 Å². The average molecular weight is 195 g/mol. The minimum absolute atomic E-state index is 0.0463. The van der Waals surface area contributed by atoms with Gasteiger partial charge >= 0.3 is 0 Å². The lowest BCUT2D eigenvalue weighted by molar-refractivity contribution is -0.385. The fourth-order valence-corrected chi connectivity index (χ4v) is 1.68. The van der Waals surface area contributed by atoms with Crippen molar-refractivity contribution in [3.63, 3.8) is 0 Å².